The average molecular weight is 602 g/mol. The molecule has 2 atom stereocenters. The van der Waals surface area contributed by atoms with Gasteiger partial charge in [0.15, 0.2) is 5.43 Å². The van der Waals surface area contributed by atoms with Crippen molar-refractivity contribution in [3.8, 4) is 22.8 Å². The minimum absolute atomic E-state index is 0.0247. The number of rotatable bonds is 4. The smallest absolute Gasteiger partial charge is 0.507 e. The highest BCUT2D eigenvalue weighted by Gasteiger charge is 2.38. The molecule has 3 aromatic rings. The van der Waals surface area contributed by atoms with Gasteiger partial charge in [0, 0.05) is 35.7 Å². The van der Waals surface area contributed by atoms with Gasteiger partial charge in [0.25, 0.3) is 0 Å². The van der Waals surface area contributed by atoms with E-state index in [1.807, 2.05) is 11.9 Å². The van der Waals surface area contributed by atoms with Gasteiger partial charge in [0.05, 0.1) is 5.02 Å². The van der Waals surface area contributed by atoms with E-state index in [0.29, 0.717) is 30.1 Å². The number of halogens is 1. The van der Waals surface area contributed by atoms with Gasteiger partial charge in [-0.2, -0.15) is 0 Å². The number of hydrogen-bond donors (Lipinski definition) is 1. The summed E-state index contributed by atoms with van der Waals surface area (Å²) in [4.78, 5) is 41.0. The number of phenolic OH excluding ortho intramolecular Hbond substituents is 1. The van der Waals surface area contributed by atoms with Gasteiger partial charge in [-0.05, 0) is 73.7 Å². The molecule has 1 saturated heterocycles. The number of fused-ring (bicyclic) bond motifs is 1. The van der Waals surface area contributed by atoms with E-state index in [0.717, 1.165) is 0 Å². The van der Waals surface area contributed by atoms with E-state index in [4.69, 9.17) is 35.0 Å². The van der Waals surface area contributed by atoms with Crippen molar-refractivity contribution in [2.24, 2.45) is 0 Å². The zero-order valence-corrected chi connectivity index (χ0v) is 25.5. The van der Waals surface area contributed by atoms with Gasteiger partial charge in [0.1, 0.15) is 45.5 Å². The summed E-state index contributed by atoms with van der Waals surface area (Å²) in [6.45, 7) is 11.1. The van der Waals surface area contributed by atoms with Crippen molar-refractivity contribution in [3.63, 3.8) is 0 Å². The average Bonchev–Trinajstić information content (AvgIpc) is 2.82. The van der Waals surface area contributed by atoms with Crippen LogP contribution in [0.25, 0.3) is 22.3 Å². The molecule has 2 heterocycles. The quantitative estimate of drug-likeness (QED) is 0.250. The number of carbonyl (C=O) groups is 2. The number of hydrogen-bond acceptors (Lipinski definition) is 10. The van der Waals surface area contributed by atoms with E-state index in [9.17, 15) is 19.5 Å². The Kier molecular flexibility index (Phi) is 8.80. The maximum absolute atomic E-state index is 13.4. The number of ether oxygens (including phenoxy) is 4. The Bertz CT molecular complexity index is 1550. The summed E-state index contributed by atoms with van der Waals surface area (Å²) in [7, 11) is 1.88. The van der Waals surface area contributed by atoms with Crippen molar-refractivity contribution in [2.75, 3.05) is 20.1 Å². The monoisotopic (exact) mass is 601 g/mol. The van der Waals surface area contributed by atoms with Crippen LogP contribution in [0.5, 0.6) is 11.5 Å². The fourth-order valence-electron chi connectivity index (χ4n) is 4.82. The van der Waals surface area contributed by atoms with Crippen LogP contribution in [0.15, 0.2) is 45.6 Å². The van der Waals surface area contributed by atoms with E-state index >= 15 is 0 Å². The Morgan fingerprint density at radius 3 is 2.31 bits per heavy atom. The van der Waals surface area contributed by atoms with Crippen LogP contribution < -0.4 is 10.2 Å². The number of nitrogens with zero attached hydrogens (tertiary/aromatic N) is 1. The number of likely N-dealkylation sites (tertiary alicyclic amines) is 1. The highest BCUT2D eigenvalue weighted by Crippen LogP contribution is 2.44. The second kappa shape index (κ2) is 11.9. The molecule has 0 spiro atoms. The van der Waals surface area contributed by atoms with Gasteiger partial charge >= 0.3 is 12.3 Å². The van der Waals surface area contributed by atoms with Crippen molar-refractivity contribution in [3.05, 3.63) is 57.2 Å². The largest absolute Gasteiger partial charge is 0.514 e. The summed E-state index contributed by atoms with van der Waals surface area (Å²) in [5.41, 5.74) is -1.50. The SMILES string of the molecule is CN1CC[C@H](c2c(OC(=O)OC(C)(C)C)cc(O)c3c(=O)cc(-c4ccccc4Cl)oc23)[C@H](OC(=O)OC(C)(C)C)C1. The summed E-state index contributed by atoms with van der Waals surface area (Å²) in [6, 6.07) is 9.25. The van der Waals surface area contributed by atoms with Crippen LogP contribution in [0, 0.1) is 0 Å². The van der Waals surface area contributed by atoms with E-state index < -0.39 is 46.7 Å². The van der Waals surface area contributed by atoms with Crippen molar-refractivity contribution in [2.45, 2.75) is 71.2 Å². The lowest BCUT2D eigenvalue weighted by Gasteiger charge is -2.37. The standard InChI is InChI=1S/C31H36ClNO9/c1-30(2,3)41-28(36)39-23-15-21(35)26-20(34)14-22(17-10-8-9-11-19(17)32)38-27(26)25(23)18-12-13-33(7)16-24(18)40-29(37)42-31(4,5)6/h8-11,14-15,18,24,35H,12-13,16H2,1-7H3/t18-,24+/m0/s1. The van der Waals surface area contributed by atoms with E-state index in [2.05, 4.69) is 0 Å². The molecular formula is C31H36ClNO9. The van der Waals surface area contributed by atoms with E-state index in [1.165, 1.54) is 12.1 Å². The van der Waals surface area contributed by atoms with E-state index in [-0.39, 0.29) is 28.0 Å². The first-order chi connectivity index (χ1) is 19.5. The lowest BCUT2D eigenvalue weighted by Crippen LogP contribution is -2.44. The Morgan fingerprint density at radius 2 is 1.67 bits per heavy atom. The third kappa shape index (κ3) is 7.35. The number of phenols is 1. The predicted molar refractivity (Wildman–Crippen MR) is 157 cm³/mol. The zero-order valence-electron chi connectivity index (χ0n) is 24.8. The summed E-state index contributed by atoms with van der Waals surface area (Å²) < 4.78 is 28.5. The number of piperidine rings is 1. The minimum atomic E-state index is -1.02. The molecule has 10 nitrogen and oxygen atoms in total. The Morgan fingerprint density at radius 1 is 1.02 bits per heavy atom. The minimum Gasteiger partial charge on any atom is -0.507 e. The van der Waals surface area contributed by atoms with Crippen LogP contribution >= 0.6 is 11.6 Å². The van der Waals surface area contributed by atoms with E-state index in [1.54, 1.807) is 65.8 Å². The molecule has 4 rings (SSSR count). The first kappa shape index (κ1) is 31.2. The van der Waals surface area contributed by atoms with Crippen molar-refractivity contribution >= 4 is 34.9 Å². The molecule has 1 aromatic heterocycles. The molecule has 226 valence electrons. The Hall–Kier alpha value is -3.76. The van der Waals surface area contributed by atoms with Gasteiger partial charge < -0.3 is 33.4 Å². The molecule has 0 unspecified atom stereocenters. The first-order valence-corrected chi connectivity index (χ1v) is 14.0. The van der Waals surface area contributed by atoms with Gasteiger partial charge in [-0.15, -0.1) is 0 Å². The topological polar surface area (TPSA) is 125 Å². The van der Waals surface area contributed by atoms with Crippen LogP contribution in [0.3, 0.4) is 0 Å². The van der Waals surface area contributed by atoms with Crippen LogP contribution in [-0.4, -0.2) is 59.8 Å². The first-order valence-electron chi connectivity index (χ1n) is 13.6. The molecule has 0 saturated carbocycles. The number of carbonyl (C=O) groups excluding carboxylic acids is 2. The third-order valence-electron chi connectivity index (χ3n) is 6.47. The maximum atomic E-state index is 13.4. The number of likely N-dealkylation sites (N-methyl/N-ethyl adjacent to an activating group) is 1. The molecule has 0 bridgehead atoms. The molecule has 2 aromatic carbocycles. The van der Waals surface area contributed by atoms with Crippen molar-refractivity contribution in [1.82, 2.24) is 4.90 Å². The molecule has 0 aliphatic carbocycles. The fraction of sp³-hybridized carbons (Fsp3) is 0.452. The van der Waals surface area contributed by atoms with Crippen molar-refractivity contribution < 1.29 is 38.1 Å². The second-order valence-corrected chi connectivity index (χ2v) is 12.7. The summed E-state index contributed by atoms with van der Waals surface area (Å²) in [5, 5.41) is 11.2. The predicted octanol–water partition coefficient (Wildman–Crippen LogP) is 6.87. The third-order valence-corrected chi connectivity index (χ3v) is 6.80. The zero-order chi connectivity index (χ0) is 31.0. The van der Waals surface area contributed by atoms with Gasteiger partial charge in [-0.1, -0.05) is 23.7 Å². The fourth-order valence-corrected chi connectivity index (χ4v) is 5.05. The van der Waals surface area contributed by atoms with Crippen LogP contribution in [0.1, 0.15) is 59.4 Å². The number of benzene rings is 2. The molecule has 0 radical (unpaired) electrons. The summed E-state index contributed by atoms with van der Waals surface area (Å²) in [6.07, 6.45) is -2.26. The van der Waals surface area contributed by atoms with Crippen LogP contribution in [0.4, 0.5) is 9.59 Å². The van der Waals surface area contributed by atoms with Gasteiger partial charge in [-0.25, -0.2) is 9.59 Å². The van der Waals surface area contributed by atoms with Crippen LogP contribution in [-0.2, 0) is 14.2 Å². The highest BCUT2D eigenvalue weighted by molar-refractivity contribution is 6.33. The van der Waals surface area contributed by atoms with Crippen LogP contribution in [0.2, 0.25) is 5.02 Å². The second-order valence-electron chi connectivity index (χ2n) is 12.3. The highest BCUT2D eigenvalue weighted by atomic mass is 35.5. The normalized spacial score (nSPS) is 18.0. The Labute approximate surface area is 249 Å². The molecule has 1 fully saturated rings. The summed E-state index contributed by atoms with van der Waals surface area (Å²) >= 11 is 6.42. The van der Waals surface area contributed by atoms with Gasteiger partial charge in [0.2, 0.25) is 0 Å². The molecule has 11 heteroatoms. The lowest BCUT2D eigenvalue weighted by molar-refractivity contribution is -0.0463. The molecule has 1 aliphatic heterocycles. The molecule has 1 aliphatic rings. The maximum Gasteiger partial charge on any atom is 0.514 e. The molecule has 0 amide bonds. The molecule has 1 N–H and O–H groups in total. The lowest BCUT2D eigenvalue weighted by atomic mass is 9.85. The molecule has 42 heavy (non-hydrogen) atoms. The number of aromatic hydroxyl groups is 1. The Balaban J connectivity index is 1.95. The van der Waals surface area contributed by atoms with Gasteiger partial charge in [-0.3, -0.25) is 4.79 Å². The summed E-state index contributed by atoms with van der Waals surface area (Å²) in [5.74, 6) is -1.03. The van der Waals surface area contributed by atoms with Crippen molar-refractivity contribution in [1.29, 1.82) is 0 Å². The molecular weight excluding hydrogens is 566 g/mol.